The molecule has 1 amide bonds. The Morgan fingerprint density at radius 1 is 1.50 bits per heavy atom. The average Bonchev–Trinajstić information content (AvgIpc) is 2.52. The lowest BCUT2D eigenvalue weighted by molar-refractivity contribution is 0.238. The summed E-state index contributed by atoms with van der Waals surface area (Å²) in [5, 5.41) is 6.35. The van der Waals surface area contributed by atoms with E-state index in [1.54, 1.807) is 6.92 Å². The van der Waals surface area contributed by atoms with Crippen LogP contribution in [-0.2, 0) is 0 Å². The summed E-state index contributed by atoms with van der Waals surface area (Å²) in [7, 11) is 0. The fraction of sp³-hybridized carbons (Fsp3) is 0.667. The van der Waals surface area contributed by atoms with Crippen LogP contribution in [0.2, 0.25) is 0 Å². The molecule has 0 saturated heterocycles. The monoisotopic (exact) mass is 227 g/mol. The second-order valence-corrected chi connectivity index (χ2v) is 3.55. The number of hydrogen-bond acceptors (Lipinski definition) is 4. The average molecular weight is 227 g/mol. The molecule has 1 aromatic rings. The van der Waals surface area contributed by atoms with Gasteiger partial charge in [0, 0.05) is 6.54 Å². The van der Waals surface area contributed by atoms with Crippen molar-refractivity contribution in [3.05, 3.63) is 16.3 Å². The van der Waals surface area contributed by atoms with Gasteiger partial charge in [0.15, 0.2) is 5.82 Å². The Kier molecular flexibility index (Phi) is 4.10. The number of nitrogen functional groups attached to an aromatic ring is 1. The zero-order valence-corrected chi connectivity index (χ0v) is 9.56. The highest BCUT2D eigenvalue weighted by atomic mass is 16.2. The van der Waals surface area contributed by atoms with Crippen LogP contribution < -0.4 is 16.8 Å². The summed E-state index contributed by atoms with van der Waals surface area (Å²) in [4.78, 5) is 22.9. The van der Waals surface area contributed by atoms with Crippen molar-refractivity contribution in [1.82, 2.24) is 19.8 Å². The minimum Gasteiger partial charge on any atom is -0.336 e. The van der Waals surface area contributed by atoms with Crippen LogP contribution in [0.25, 0.3) is 0 Å². The lowest BCUT2D eigenvalue weighted by atomic mass is 10.2. The fourth-order valence-corrected chi connectivity index (χ4v) is 1.25. The zero-order chi connectivity index (χ0) is 12.1. The number of carbonyl (C=O) groups is 1. The van der Waals surface area contributed by atoms with Crippen molar-refractivity contribution in [3.63, 3.8) is 0 Å². The molecule has 1 heterocycles. The molecule has 0 aliphatic heterocycles. The van der Waals surface area contributed by atoms with E-state index >= 15 is 0 Å². The predicted octanol–water partition coefficient (Wildman–Crippen LogP) is -0.185. The molecular formula is C9H17N5O2. The van der Waals surface area contributed by atoms with E-state index in [0.29, 0.717) is 12.4 Å². The number of aromatic nitrogens is 3. The molecule has 0 aliphatic rings. The zero-order valence-electron chi connectivity index (χ0n) is 9.56. The van der Waals surface area contributed by atoms with Crippen LogP contribution >= 0.6 is 0 Å². The molecule has 1 aromatic heterocycles. The second kappa shape index (κ2) is 5.34. The van der Waals surface area contributed by atoms with Gasteiger partial charge in [-0.1, -0.05) is 19.8 Å². The van der Waals surface area contributed by atoms with Crippen LogP contribution in [0.1, 0.15) is 32.0 Å². The Morgan fingerprint density at radius 3 is 2.69 bits per heavy atom. The van der Waals surface area contributed by atoms with Gasteiger partial charge in [-0.15, -0.1) is 9.78 Å². The maximum Gasteiger partial charge on any atom is 0.373 e. The SMILES string of the molecule is CCCCCNC(=O)n1nc(C)n(N)c1=O. The van der Waals surface area contributed by atoms with Crippen LogP contribution in [0.15, 0.2) is 4.79 Å². The third-order valence-electron chi connectivity index (χ3n) is 2.23. The molecule has 0 saturated carbocycles. The summed E-state index contributed by atoms with van der Waals surface area (Å²) < 4.78 is 1.58. The maximum absolute atomic E-state index is 11.5. The highest BCUT2D eigenvalue weighted by Gasteiger charge is 2.13. The molecule has 1 rings (SSSR count). The van der Waals surface area contributed by atoms with Crippen molar-refractivity contribution < 1.29 is 4.79 Å². The van der Waals surface area contributed by atoms with Gasteiger partial charge >= 0.3 is 11.7 Å². The van der Waals surface area contributed by atoms with Crippen molar-refractivity contribution >= 4 is 6.03 Å². The molecular weight excluding hydrogens is 210 g/mol. The first-order valence-corrected chi connectivity index (χ1v) is 5.30. The third-order valence-corrected chi connectivity index (χ3v) is 2.23. The minimum absolute atomic E-state index is 0.300. The Balaban J connectivity index is 2.60. The summed E-state index contributed by atoms with van der Waals surface area (Å²) in [5.41, 5.74) is -0.634. The van der Waals surface area contributed by atoms with Crippen LogP contribution in [0.3, 0.4) is 0 Å². The van der Waals surface area contributed by atoms with E-state index in [2.05, 4.69) is 17.3 Å². The van der Waals surface area contributed by atoms with Crippen molar-refractivity contribution in [2.24, 2.45) is 0 Å². The molecule has 0 spiro atoms. The van der Waals surface area contributed by atoms with Crippen molar-refractivity contribution in [2.75, 3.05) is 12.4 Å². The van der Waals surface area contributed by atoms with E-state index in [9.17, 15) is 9.59 Å². The molecule has 0 atom stereocenters. The molecule has 0 fully saturated rings. The van der Waals surface area contributed by atoms with Crippen LogP contribution in [-0.4, -0.2) is 27.0 Å². The van der Waals surface area contributed by atoms with Gasteiger partial charge in [0.25, 0.3) is 0 Å². The fourth-order valence-electron chi connectivity index (χ4n) is 1.25. The maximum atomic E-state index is 11.5. The number of amides is 1. The summed E-state index contributed by atoms with van der Waals surface area (Å²) in [6.45, 7) is 4.17. The van der Waals surface area contributed by atoms with E-state index in [1.165, 1.54) is 0 Å². The van der Waals surface area contributed by atoms with E-state index in [4.69, 9.17) is 5.84 Å². The Morgan fingerprint density at radius 2 is 2.19 bits per heavy atom. The number of nitrogens with two attached hydrogens (primary N) is 1. The quantitative estimate of drug-likeness (QED) is 0.550. The normalized spacial score (nSPS) is 10.4. The number of nitrogens with one attached hydrogen (secondary N) is 1. The van der Waals surface area contributed by atoms with E-state index in [0.717, 1.165) is 28.6 Å². The van der Waals surface area contributed by atoms with Crippen molar-refractivity contribution in [2.45, 2.75) is 33.1 Å². The summed E-state index contributed by atoms with van der Waals surface area (Å²) in [6, 6.07) is -0.534. The molecule has 0 radical (unpaired) electrons. The largest absolute Gasteiger partial charge is 0.373 e. The topological polar surface area (TPSA) is 94.9 Å². The van der Waals surface area contributed by atoms with Crippen molar-refractivity contribution in [3.8, 4) is 0 Å². The first kappa shape index (κ1) is 12.3. The third kappa shape index (κ3) is 2.62. The molecule has 7 heteroatoms. The first-order valence-electron chi connectivity index (χ1n) is 5.30. The Hall–Kier alpha value is -1.79. The molecule has 3 N–H and O–H groups in total. The molecule has 0 unspecified atom stereocenters. The van der Waals surface area contributed by atoms with Gasteiger partial charge in [-0.05, 0) is 13.3 Å². The number of carbonyl (C=O) groups excluding carboxylic acids is 1. The number of unbranched alkanes of at least 4 members (excludes halogenated alkanes) is 2. The summed E-state index contributed by atoms with van der Waals surface area (Å²) >= 11 is 0. The highest BCUT2D eigenvalue weighted by molar-refractivity contribution is 5.75. The first-order chi connectivity index (χ1) is 7.57. The smallest absolute Gasteiger partial charge is 0.336 e. The van der Waals surface area contributed by atoms with Gasteiger partial charge in [-0.3, -0.25) is 0 Å². The molecule has 0 aliphatic carbocycles. The van der Waals surface area contributed by atoms with Crippen LogP contribution in [0.5, 0.6) is 0 Å². The number of nitrogens with zero attached hydrogens (tertiary/aromatic N) is 3. The second-order valence-electron chi connectivity index (χ2n) is 3.55. The minimum atomic E-state index is -0.634. The summed E-state index contributed by atoms with van der Waals surface area (Å²) in [5.74, 6) is 5.66. The molecule has 16 heavy (non-hydrogen) atoms. The van der Waals surface area contributed by atoms with Gasteiger partial charge in [0.2, 0.25) is 0 Å². The van der Waals surface area contributed by atoms with Gasteiger partial charge in [0.1, 0.15) is 0 Å². The van der Waals surface area contributed by atoms with Gasteiger partial charge in [0.05, 0.1) is 0 Å². The standard InChI is InChI=1S/C9H17N5O2/c1-3-4-5-6-11-8(15)14-9(16)13(10)7(2)12-14/h3-6,10H2,1-2H3,(H,11,15). The Bertz CT molecular complexity index is 420. The number of aryl methyl sites for hydroxylation is 1. The van der Waals surface area contributed by atoms with Gasteiger partial charge < -0.3 is 11.2 Å². The van der Waals surface area contributed by atoms with E-state index in [1.807, 2.05) is 0 Å². The predicted molar refractivity (Wildman–Crippen MR) is 59.7 cm³/mol. The van der Waals surface area contributed by atoms with E-state index < -0.39 is 11.7 Å². The lowest BCUT2D eigenvalue weighted by Gasteiger charge is -2.02. The van der Waals surface area contributed by atoms with E-state index in [-0.39, 0.29) is 0 Å². The molecule has 90 valence electrons. The highest BCUT2D eigenvalue weighted by Crippen LogP contribution is 1.91. The van der Waals surface area contributed by atoms with Crippen LogP contribution in [0, 0.1) is 6.92 Å². The summed E-state index contributed by atoms with van der Waals surface area (Å²) in [6.07, 6.45) is 3.01. The van der Waals surface area contributed by atoms with Crippen molar-refractivity contribution in [1.29, 1.82) is 0 Å². The number of hydrogen-bond donors (Lipinski definition) is 2. The molecule has 7 nitrogen and oxygen atoms in total. The van der Waals surface area contributed by atoms with Crippen LogP contribution in [0.4, 0.5) is 4.79 Å². The van der Waals surface area contributed by atoms with Gasteiger partial charge in [-0.25, -0.2) is 9.59 Å². The molecule has 0 aromatic carbocycles. The lowest BCUT2D eigenvalue weighted by Crippen LogP contribution is -2.39. The molecule has 0 bridgehead atoms. The Labute approximate surface area is 93.2 Å². The van der Waals surface area contributed by atoms with Gasteiger partial charge in [-0.2, -0.15) is 4.68 Å². The number of rotatable bonds is 4.